The summed E-state index contributed by atoms with van der Waals surface area (Å²) in [6.07, 6.45) is 3.41. The summed E-state index contributed by atoms with van der Waals surface area (Å²) in [6, 6.07) is 3.74. The molecule has 0 radical (unpaired) electrons. The predicted molar refractivity (Wildman–Crippen MR) is 66.0 cm³/mol. The van der Waals surface area contributed by atoms with Crippen molar-refractivity contribution in [1.82, 2.24) is 9.97 Å². The van der Waals surface area contributed by atoms with Crippen molar-refractivity contribution in [3.63, 3.8) is 0 Å². The van der Waals surface area contributed by atoms with E-state index in [1.807, 2.05) is 12.1 Å². The van der Waals surface area contributed by atoms with Crippen LogP contribution in [0.4, 0.5) is 0 Å². The summed E-state index contributed by atoms with van der Waals surface area (Å²) in [7, 11) is 0. The van der Waals surface area contributed by atoms with Gasteiger partial charge in [-0.15, -0.1) is 11.3 Å². The Bertz CT molecular complexity index is 534. The minimum atomic E-state index is -0.961. The van der Waals surface area contributed by atoms with Crippen molar-refractivity contribution in [2.24, 2.45) is 0 Å². The van der Waals surface area contributed by atoms with Crippen LogP contribution in [0.1, 0.15) is 19.5 Å². The van der Waals surface area contributed by atoms with Crippen molar-refractivity contribution in [2.75, 3.05) is 0 Å². The molecular weight excluding hydrogens is 236 g/mol. The third-order valence-corrected chi connectivity index (χ3v) is 3.48. The lowest BCUT2D eigenvalue weighted by atomic mass is 9.90. The molecule has 2 aromatic rings. The molecule has 0 bridgehead atoms. The minimum absolute atomic E-state index is 0.578. The quantitative estimate of drug-likeness (QED) is 0.906. The zero-order valence-electron chi connectivity index (χ0n) is 9.54. The second-order valence-electron chi connectivity index (χ2n) is 4.21. The van der Waals surface area contributed by atoms with Gasteiger partial charge in [0.25, 0.3) is 0 Å². The molecule has 0 aliphatic heterocycles. The molecule has 17 heavy (non-hydrogen) atoms. The van der Waals surface area contributed by atoms with Crippen molar-refractivity contribution in [3.05, 3.63) is 35.6 Å². The second kappa shape index (κ2) is 4.25. The van der Waals surface area contributed by atoms with Crippen LogP contribution in [0, 0.1) is 0 Å². The Balaban J connectivity index is 2.38. The average Bonchev–Trinajstić information content (AvgIpc) is 2.80. The van der Waals surface area contributed by atoms with Crippen molar-refractivity contribution in [2.45, 2.75) is 19.3 Å². The van der Waals surface area contributed by atoms with Crippen LogP contribution in [0.2, 0.25) is 0 Å². The number of carboxylic acids is 1. The fourth-order valence-electron chi connectivity index (χ4n) is 1.29. The van der Waals surface area contributed by atoms with Crippen LogP contribution in [0.3, 0.4) is 0 Å². The highest BCUT2D eigenvalue weighted by atomic mass is 32.1. The Morgan fingerprint density at radius 1 is 1.47 bits per heavy atom. The van der Waals surface area contributed by atoms with Crippen molar-refractivity contribution < 1.29 is 9.90 Å². The molecule has 0 saturated heterocycles. The van der Waals surface area contributed by atoms with E-state index in [0.717, 1.165) is 10.6 Å². The summed E-state index contributed by atoms with van der Waals surface area (Å²) in [5.41, 5.74) is 0.524. The van der Waals surface area contributed by atoms with Gasteiger partial charge in [-0.3, -0.25) is 9.78 Å². The van der Waals surface area contributed by atoms with Gasteiger partial charge in [0.2, 0.25) is 0 Å². The number of aliphatic carboxylic acids is 1. The van der Waals surface area contributed by atoms with E-state index >= 15 is 0 Å². The Morgan fingerprint density at radius 3 is 2.82 bits per heavy atom. The van der Waals surface area contributed by atoms with Crippen molar-refractivity contribution >= 4 is 17.3 Å². The molecule has 0 unspecified atom stereocenters. The molecule has 0 aliphatic carbocycles. The maximum absolute atomic E-state index is 11.1. The molecule has 5 heteroatoms. The van der Waals surface area contributed by atoms with Gasteiger partial charge in [0.15, 0.2) is 0 Å². The van der Waals surface area contributed by atoms with E-state index < -0.39 is 11.4 Å². The van der Waals surface area contributed by atoms with Gasteiger partial charge in [0, 0.05) is 23.3 Å². The Morgan fingerprint density at radius 2 is 2.24 bits per heavy atom. The second-order valence-corrected chi connectivity index (χ2v) is 5.07. The molecular formula is C12H12N2O2S. The van der Waals surface area contributed by atoms with Gasteiger partial charge in [0.05, 0.1) is 5.69 Å². The maximum atomic E-state index is 11.1. The van der Waals surface area contributed by atoms with E-state index in [2.05, 4.69) is 9.97 Å². The van der Waals surface area contributed by atoms with E-state index in [9.17, 15) is 4.79 Å². The number of hydrogen-bond donors (Lipinski definition) is 1. The summed E-state index contributed by atoms with van der Waals surface area (Å²) in [5.74, 6) is -0.875. The Kier molecular flexibility index (Phi) is 2.93. The Labute approximate surface area is 103 Å². The number of hydrogen-bond acceptors (Lipinski definition) is 4. The average molecular weight is 248 g/mol. The lowest BCUT2D eigenvalue weighted by Crippen LogP contribution is -2.28. The van der Waals surface area contributed by atoms with E-state index in [4.69, 9.17) is 5.11 Å². The highest BCUT2D eigenvalue weighted by Crippen LogP contribution is 2.29. The number of carboxylic acid groups (broad SMARTS) is 1. The highest BCUT2D eigenvalue weighted by Gasteiger charge is 2.32. The molecule has 0 saturated carbocycles. The zero-order chi connectivity index (χ0) is 12.5. The number of pyridine rings is 1. The van der Waals surface area contributed by atoms with Gasteiger partial charge < -0.3 is 5.11 Å². The highest BCUT2D eigenvalue weighted by molar-refractivity contribution is 7.13. The fourth-order valence-corrected chi connectivity index (χ4v) is 2.27. The standard InChI is InChI=1S/C12H12N2O2S/c1-12(2,11(15)16)9-7-17-10(14-9)8-4-3-5-13-6-8/h3-7H,1-2H3,(H,15,16). The number of aromatic nitrogens is 2. The molecule has 2 aromatic heterocycles. The summed E-state index contributed by atoms with van der Waals surface area (Å²) >= 11 is 1.43. The van der Waals surface area contributed by atoms with Crippen LogP contribution in [-0.4, -0.2) is 21.0 Å². The van der Waals surface area contributed by atoms with Gasteiger partial charge in [-0.1, -0.05) is 0 Å². The van der Waals surface area contributed by atoms with Gasteiger partial charge in [-0.25, -0.2) is 4.98 Å². The molecule has 0 aliphatic rings. The largest absolute Gasteiger partial charge is 0.481 e. The van der Waals surface area contributed by atoms with E-state index in [-0.39, 0.29) is 0 Å². The maximum Gasteiger partial charge on any atom is 0.315 e. The molecule has 2 rings (SSSR count). The summed E-state index contributed by atoms with van der Waals surface area (Å²) < 4.78 is 0. The predicted octanol–water partition coefficient (Wildman–Crippen LogP) is 2.57. The van der Waals surface area contributed by atoms with Crippen LogP contribution in [0.15, 0.2) is 29.9 Å². The van der Waals surface area contributed by atoms with Gasteiger partial charge >= 0.3 is 5.97 Å². The molecule has 0 atom stereocenters. The summed E-state index contributed by atoms with van der Waals surface area (Å²) in [5, 5.41) is 11.7. The zero-order valence-corrected chi connectivity index (χ0v) is 10.4. The SMILES string of the molecule is CC(C)(C(=O)O)c1csc(-c2cccnc2)n1. The van der Waals surface area contributed by atoms with Crippen molar-refractivity contribution in [3.8, 4) is 10.6 Å². The van der Waals surface area contributed by atoms with Gasteiger partial charge in [0.1, 0.15) is 10.4 Å². The molecule has 0 aromatic carbocycles. The fraction of sp³-hybridized carbons (Fsp3) is 0.250. The van der Waals surface area contributed by atoms with Crippen LogP contribution in [0.25, 0.3) is 10.6 Å². The molecule has 2 heterocycles. The molecule has 0 fully saturated rings. The normalized spacial score (nSPS) is 11.4. The number of thiazole rings is 1. The topological polar surface area (TPSA) is 63.1 Å². The lowest BCUT2D eigenvalue weighted by molar-refractivity contribution is -0.142. The first-order valence-electron chi connectivity index (χ1n) is 5.11. The van der Waals surface area contributed by atoms with Crippen molar-refractivity contribution in [1.29, 1.82) is 0 Å². The third kappa shape index (κ3) is 2.19. The number of rotatable bonds is 3. The lowest BCUT2D eigenvalue weighted by Gasteiger charge is -2.15. The molecule has 1 N–H and O–H groups in total. The van der Waals surface area contributed by atoms with E-state index in [0.29, 0.717) is 5.69 Å². The van der Waals surface area contributed by atoms with Gasteiger partial charge in [-0.05, 0) is 26.0 Å². The van der Waals surface area contributed by atoms with Gasteiger partial charge in [-0.2, -0.15) is 0 Å². The first-order chi connectivity index (χ1) is 8.01. The Hall–Kier alpha value is -1.75. The first kappa shape index (κ1) is 11.7. The number of carbonyl (C=O) groups is 1. The van der Waals surface area contributed by atoms with E-state index in [1.54, 1.807) is 31.6 Å². The van der Waals surface area contributed by atoms with Crippen LogP contribution >= 0.6 is 11.3 Å². The monoisotopic (exact) mass is 248 g/mol. The molecule has 0 amide bonds. The number of nitrogens with zero attached hydrogens (tertiary/aromatic N) is 2. The molecule has 4 nitrogen and oxygen atoms in total. The minimum Gasteiger partial charge on any atom is -0.481 e. The third-order valence-electron chi connectivity index (χ3n) is 2.59. The van der Waals surface area contributed by atoms with E-state index in [1.165, 1.54) is 11.3 Å². The molecule has 88 valence electrons. The molecule has 0 spiro atoms. The van der Waals surface area contributed by atoms with Crippen LogP contribution in [0.5, 0.6) is 0 Å². The van der Waals surface area contributed by atoms with Crippen LogP contribution in [-0.2, 0) is 10.2 Å². The van der Waals surface area contributed by atoms with Crippen LogP contribution < -0.4 is 0 Å². The first-order valence-corrected chi connectivity index (χ1v) is 5.99. The smallest absolute Gasteiger partial charge is 0.315 e. The summed E-state index contributed by atoms with van der Waals surface area (Å²) in [6.45, 7) is 3.30. The summed E-state index contributed by atoms with van der Waals surface area (Å²) in [4.78, 5) is 19.5.